The van der Waals surface area contributed by atoms with Gasteiger partial charge in [0.2, 0.25) is 0 Å². The number of anilines is 1. The van der Waals surface area contributed by atoms with Crippen molar-refractivity contribution in [1.29, 1.82) is 0 Å². The molecule has 2 amide bonds. The van der Waals surface area contributed by atoms with Gasteiger partial charge in [-0.1, -0.05) is 60.1 Å². The zero-order chi connectivity index (χ0) is 23.5. The number of hydrogen-bond acceptors (Lipinski definition) is 4. The zero-order valence-corrected chi connectivity index (χ0v) is 18.4. The van der Waals surface area contributed by atoms with E-state index in [-0.39, 0.29) is 28.8 Å². The number of carbonyl (C=O) groups excluding carboxylic acids is 2. The van der Waals surface area contributed by atoms with E-state index in [9.17, 15) is 14.4 Å². The van der Waals surface area contributed by atoms with Gasteiger partial charge in [-0.25, -0.2) is 4.79 Å². The molecule has 0 aliphatic heterocycles. The van der Waals surface area contributed by atoms with Gasteiger partial charge in [0.25, 0.3) is 5.91 Å². The number of carboxylic acid groups (broad SMARTS) is 1. The Morgan fingerprint density at radius 3 is 2.21 bits per heavy atom. The second-order valence-corrected chi connectivity index (χ2v) is 8.09. The first-order valence-corrected chi connectivity index (χ1v) is 10.7. The predicted octanol–water partition coefficient (Wildman–Crippen LogP) is 4.90. The normalized spacial score (nSPS) is 12.9. The third-order valence-corrected chi connectivity index (χ3v) is 5.86. The van der Waals surface area contributed by atoms with Gasteiger partial charge >= 0.3 is 12.1 Å². The summed E-state index contributed by atoms with van der Waals surface area (Å²) in [5.74, 6) is -1.85. The van der Waals surface area contributed by atoms with E-state index < -0.39 is 24.0 Å². The lowest BCUT2D eigenvalue weighted by Gasteiger charge is -2.15. The van der Waals surface area contributed by atoms with Crippen molar-refractivity contribution in [1.82, 2.24) is 5.32 Å². The van der Waals surface area contributed by atoms with E-state index in [0.29, 0.717) is 0 Å². The van der Waals surface area contributed by atoms with Crippen molar-refractivity contribution in [2.75, 3.05) is 11.9 Å². The van der Waals surface area contributed by atoms with Gasteiger partial charge in [0.15, 0.2) is 0 Å². The van der Waals surface area contributed by atoms with Gasteiger partial charge in [-0.3, -0.25) is 14.9 Å². The minimum absolute atomic E-state index is 0.0896. The summed E-state index contributed by atoms with van der Waals surface area (Å²) in [4.78, 5) is 35.8. The van der Waals surface area contributed by atoms with Gasteiger partial charge in [0.05, 0.1) is 10.7 Å². The molecule has 1 aliphatic rings. The van der Waals surface area contributed by atoms with E-state index in [0.717, 1.165) is 22.3 Å². The number of hydrogen-bond donors (Lipinski definition) is 3. The predicted molar refractivity (Wildman–Crippen MR) is 125 cm³/mol. The summed E-state index contributed by atoms with van der Waals surface area (Å²) in [6, 6.07) is 19.2. The van der Waals surface area contributed by atoms with E-state index in [4.69, 9.17) is 21.4 Å². The molecule has 0 unspecified atom stereocenters. The summed E-state index contributed by atoms with van der Waals surface area (Å²) in [5, 5.41) is 14.1. The van der Waals surface area contributed by atoms with Crippen LogP contribution in [0.5, 0.6) is 0 Å². The van der Waals surface area contributed by atoms with Crippen LogP contribution in [0.4, 0.5) is 10.5 Å². The largest absolute Gasteiger partial charge is 0.480 e. The number of ether oxygens (including phenoxy) is 1. The van der Waals surface area contributed by atoms with Crippen molar-refractivity contribution >= 4 is 35.3 Å². The Balaban J connectivity index is 1.45. The Labute approximate surface area is 195 Å². The van der Waals surface area contributed by atoms with Crippen LogP contribution in [0.1, 0.15) is 34.3 Å². The van der Waals surface area contributed by atoms with Crippen molar-refractivity contribution in [3.63, 3.8) is 0 Å². The summed E-state index contributed by atoms with van der Waals surface area (Å²) in [6.45, 7) is 1.49. The maximum Gasteiger partial charge on any atom is 0.411 e. The van der Waals surface area contributed by atoms with Gasteiger partial charge in [0, 0.05) is 11.5 Å². The smallest absolute Gasteiger partial charge is 0.411 e. The lowest BCUT2D eigenvalue weighted by Crippen LogP contribution is -2.38. The third-order valence-electron chi connectivity index (χ3n) is 5.53. The Bertz CT molecular complexity index is 1200. The van der Waals surface area contributed by atoms with E-state index in [1.807, 2.05) is 36.4 Å². The topological polar surface area (TPSA) is 105 Å². The number of halogens is 1. The number of aliphatic carboxylic acids is 1. The molecule has 168 valence electrons. The van der Waals surface area contributed by atoms with Gasteiger partial charge in [-0.05, 0) is 47.4 Å². The van der Waals surface area contributed by atoms with Crippen molar-refractivity contribution in [2.24, 2.45) is 0 Å². The van der Waals surface area contributed by atoms with Gasteiger partial charge in [-0.15, -0.1) is 0 Å². The Hall–Kier alpha value is -3.84. The van der Waals surface area contributed by atoms with Crippen LogP contribution in [-0.4, -0.2) is 35.7 Å². The number of amides is 2. The highest BCUT2D eigenvalue weighted by atomic mass is 35.5. The fraction of sp³-hybridized carbons (Fsp3) is 0.160. The first-order valence-electron chi connectivity index (χ1n) is 10.3. The lowest BCUT2D eigenvalue weighted by molar-refractivity contribution is -0.138. The van der Waals surface area contributed by atoms with Crippen molar-refractivity contribution < 1.29 is 24.2 Å². The Morgan fingerprint density at radius 1 is 1.00 bits per heavy atom. The van der Waals surface area contributed by atoms with Crippen LogP contribution < -0.4 is 10.6 Å². The van der Waals surface area contributed by atoms with Gasteiger partial charge in [-0.2, -0.15) is 0 Å². The maximum atomic E-state index is 12.5. The fourth-order valence-corrected chi connectivity index (χ4v) is 4.01. The summed E-state index contributed by atoms with van der Waals surface area (Å²) in [7, 11) is 0. The van der Waals surface area contributed by atoms with Crippen molar-refractivity contribution in [3.05, 3.63) is 88.4 Å². The highest BCUT2D eigenvalue weighted by Gasteiger charge is 2.29. The van der Waals surface area contributed by atoms with Crippen LogP contribution in [0.25, 0.3) is 11.1 Å². The van der Waals surface area contributed by atoms with Crippen molar-refractivity contribution in [3.8, 4) is 11.1 Å². The number of nitrogens with one attached hydrogen (secondary N) is 2. The average molecular weight is 465 g/mol. The lowest BCUT2D eigenvalue weighted by atomic mass is 9.98. The van der Waals surface area contributed by atoms with E-state index in [2.05, 4.69) is 22.8 Å². The number of carboxylic acids is 1. The molecule has 0 aromatic heterocycles. The summed E-state index contributed by atoms with van der Waals surface area (Å²) in [6.07, 6.45) is -0.713. The van der Waals surface area contributed by atoms with Crippen LogP contribution in [0, 0.1) is 0 Å². The Kier molecular flexibility index (Phi) is 6.33. The van der Waals surface area contributed by atoms with Crippen LogP contribution in [-0.2, 0) is 9.53 Å². The van der Waals surface area contributed by atoms with Crippen LogP contribution >= 0.6 is 11.6 Å². The molecule has 8 heteroatoms. The number of fused-ring (bicyclic) bond motifs is 3. The second kappa shape index (κ2) is 9.34. The molecular formula is C25H21ClN2O5. The SMILES string of the molecule is C[C@@H](NC(=O)c1ccc(Cl)c(NC(=O)OCC2c3ccccc3-c3ccccc32)c1)C(=O)O. The first-order chi connectivity index (χ1) is 15.8. The molecule has 4 rings (SSSR count). The Morgan fingerprint density at radius 2 is 1.61 bits per heavy atom. The summed E-state index contributed by atoms with van der Waals surface area (Å²) in [5.41, 5.74) is 4.77. The van der Waals surface area contributed by atoms with Gasteiger partial charge in [0.1, 0.15) is 12.6 Å². The molecule has 33 heavy (non-hydrogen) atoms. The molecule has 0 spiro atoms. The molecular weight excluding hydrogens is 444 g/mol. The molecule has 7 nitrogen and oxygen atoms in total. The molecule has 0 heterocycles. The minimum Gasteiger partial charge on any atom is -0.480 e. The average Bonchev–Trinajstić information content (AvgIpc) is 3.12. The summed E-state index contributed by atoms with van der Waals surface area (Å²) >= 11 is 6.17. The molecule has 0 fully saturated rings. The molecule has 0 saturated carbocycles. The summed E-state index contributed by atoms with van der Waals surface area (Å²) < 4.78 is 5.51. The van der Waals surface area contributed by atoms with E-state index in [1.165, 1.54) is 25.1 Å². The third kappa shape index (κ3) is 4.68. The van der Waals surface area contributed by atoms with Crippen molar-refractivity contribution in [2.45, 2.75) is 18.9 Å². The van der Waals surface area contributed by atoms with E-state index >= 15 is 0 Å². The molecule has 1 atom stereocenters. The zero-order valence-electron chi connectivity index (χ0n) is 17.7. The standard InChI is InChI=1S/C25H21ClN2O5/c1-14(24(30)31)27-23(29)15-10-11-21(26)22(12-15)28-25(32)33-13-20-18-8-4-2-6-16(18)17-7-3-5-9-19(17)20/h2-12,14,20H,13H2,1H3,(H,27,29)(H,28,32)(H,30,31)/t14-/m1/s1. The van der Waals surface area contributed by atoms with Crippen LogP contribution in [0.15, 0.2) is 66.7 Å². The number of carbonyl (C=O) groups is 3. The quantitative estimate of drug-likeness (QED) is 0.481. The molecule has 3 aromatic carbocycles. The highest BCUT2D eigenvalue weighted by molar-refractivity contribution is 6.33. The number of benzene rings is 3. The molecule has 1 aliphatic carbocycles. The van der Waals surface area contributed by atoms with Crippen LogP contribution in [0.3, 0.4) is 0 Å². The first kappa shape index (κ1) is 22.4. The molecule has 3 N–H and O–H groups in total. The van der Waals surface area contributed by atoms with Gasteiger partial charge < -0.3 is 15.2 Å². The fourth-order valence-electron chi connectivity index (χ4n) is 3.85. The molecule has 3 aromatic rings. The minimum atomic E-state index is -1.16. The molecule has 0 radical (unpaired) electrons. The number of rotatable bonds is 6. The highest BCUT2D eigenvalue weighted by Crippen LogP contribution is 2.44. The van der Waals surface area contributed by atoms with Crippen LogP contribution in [0.2, 0.25) is 5.02 Å². The molecule has 0 saturated heterocycles. The molecule has 0 bridgehead atoms. The maximum absolute atomic E-state index is 12.5. The van der Waals surface area contributed by atoms with E-state index in [1.54, 1.807) is 0 Å². The monoisotopic (exact) mass is 464 g/mol. The second-order valence-electron chi connectivity index (χ2n) is 7.68.